The summed E-state index contributed by atoms with van der Waals surface area (Å²) in [6.07, 6.45) is 2.02. The molecule has 5 heteroatoms. The van der Waals surface area contributed by atoms with Gasteiger partial charge in [0.1, 0.15) is 5.54 Å². The lowest BCUT2D eigenvalue weighted by Crippen LogP contribution is -2.43. The Labute approximate surface area is 147 Å². The van der Waals surface area contributed by atoms with E-state index in [1.807, 2.05) is 69.3 Å². The lowest BCUT2D eigenvalue weighted by atomic mass is 9.87. The standard InChI is InChI=1S/C20H21N3O2/c1-4-20(17-8-6-5-7-9-17)18(24)23(19(25)22-20)21-13-16-12-14(2)10-11-15(16)3/h5-13H,4H2,1-3H3,(H,22,25)/b21-13-/t20-/m1/s1. The number of carbonyl (C=O) groups is 2. The van der Waals surface area contributed by atoms with Gasteiger partial charge >= 0.3 is 6.03 Å². The third kappa shape index (κ3) is 2.93. The van der Waals surface area contributed by atoms with Crippen molar-refractivity contribution in [2.45, 2.75) is 32.7 Å². The van der Waals surface area contributed by atoms with Gasteiger partial charge in [-0.15, -0.1) is 5.01 Å². The van der Waals surface area contributed by atoms with E-state index in [4.69, 9.17) is 0 Å². The maximum atomic E-state index is 13.0. The number of rotatable bonds is 4. The first-order chi connectivity index (χ1) is 12.0. The van der Waals surface area contributed by atoms with E-state index in [1.54, 1.807) is 6.21 Å². The molecule has 0 saturated carbocycles. The number of hydrogen-bond donors (Lipinski definition) is 1. The fourth-order valence-electron chi connectivity index (χ4n) is 3.05. The van der Waals surface area contributed by atoms with Crippen molar-refractivity contribution >= 4 is 18.2 Å². The Kier molecular flexibility index (Phi) is 4.40. The highest BCUT2D eigenvalue weighted by Gasteiger charge is 2.51. The van der Waals surface area contributed by atoms with E-state index in [1.165, 1.54) is 0 Å². The van der Waals surface area contributed by atoms with Gasteiger partial charge in [-0.3, -0.25) is 4.79 Å². The van der Waals surface area contributed by atoms with Crippen LogP contribution in [0.1, 0.15) is 35.6 Å². The number of nitrogens with one attached hydrogen (secondary N) is 1. The molecule has 1 atom stereocenters. The minimum absolute atomic E-state index is 0.354. The van der Waals surface area contributed by atoms with Crippen LogP contribution in [-0.2, 0) is 10.3 Å². The SMILES string of the molecule is CC[C@]1(c2ccccc2)NC(=O)N(/N=C\c2cc(C)ccc2C)C1=O. The predicted octanol–water partition coefficient (Wildman–Crippen LogP) is 3.49. The van der Waals surface area contributed by atoms with Crippen molar-refractivity contribution in [3.63, 3.8) is 0 Å². The number of aryl methyl sites for hydroxylation is 2. The predicted molar refractivity (Wildman–Crippen MR) is 97.3 cm³/mol. The lowest BCUT2D eigenvalue weighted by Gasteiger charge is -2.24. The highest BCUT2D eigenvalue weighted by Crippen LogP contribution is 2.32. The number of hydrazone groups is 1. The van der Waals surface area contributed by atoms with Crippen LogP contribution in [0, 0.1) is 13.8 Å². The summed E-state index contributed by atoms with van der Waals surface area (Å²) in [5.41, 5.74) is 2.72. The summed E-state index contributed by atoms with van der Waals surface area (Å²) in [4.78, 5) is 25.4. The topological polar surface area (TPSA) is 61.8 Å². The molecule has 1 aliphatic heterocycles. The molecular weight excluding hydrogens is 314 g/mol. The molecule has 1 N–H and O–H groups in total. The molecule has 1 fully saturated rings. The van der Waals surface area contributed by atoms with E-state index in [0.29, 0.717) is 6.42 Å². The zero-order valence-corrected chi connectivity index (χ0v) is 14.6. The quantitative estimate of drug-likeness (QED) is 0.687. The Bertz CT molecular complexity index is 845. The van der Waals surface area contributed by atoms with Crippen LogP contribution >= 0.6 is 0 Å². The molecule has 3 amide bonds. The van der Waals surface area contributed by atoms with E-state index < -0.39 is 11.6 Å². The van der Waals surface area contributed by atoms with Crippen LogP contribution in [0.4, 0.5) is 4.79 Å². The van der Waals surface area contributed by atoms with Gasteiger partial charge in [0.15, 0.2) is 0 Å². The van der Waals surface area contributed by atoms with Crippen LogP contribution in [0.25, 0.3) is 0 Å². The average Bonchev–Trinajstić information content (AvgIpc) is 2.87. The number of urea groups is 1. The molecule has 5 nitrogen and oxygen atoms in total. The third-order valence-corrected chi connectivity index (χ3v) is 4.61. The van der Waals surface area contributed by atoms with Crippen molar-refractivity contribution in [3.05, 3.63) is 70.8 Å². The lowest BCUT2D eigenvalue weighted by molar-refractivity contribution is -0.131. The van der Waals surface area contributed by atoms with Gasteiger partial charge in [-0.1, -0.05) is 61.0 Å². The monoisotopic (exact) mass is 335 g/mol. The Hall–Kier alpha value is -2.95. The van der Waals surface area contributed by atoms with Gasteiger partial charge in [0.05, 0.1) is 6.21 Å². The summed E-state index contributed by atoms with van der Waals surface area (Å²) in [5, 5.41) is 7.92. The third-order valence-electron chi connectivity index (χ3n) is 4.61. The van der Waals surface area contributed by atoms with E-state index in [0.717, 1.165) is 27.3 Å². The molecule has 3 rings (SSSR count). The van der Waals surface area contributed by atoms with Gasteiger partial charge in [-0.05, 0) is 37.0 Å². The van der Waals surface area contributed by atoms with Gasteiger partial charge in [-0.25, -0.2) is 4.79 Å². The summed E-state index contributed by atoms with van der Waals surface area (Å²) in [5.74, 6) is -0.354. The van der Waals surface area contributed by atoms with Crippen molar-refractivity contribution in [3.8, 4) is 0 Å². The molecule has 2 aromatic rings. The normalized spacial score (nSPS) is 20.4. The number of imide groups is 1. The number of benzene rings is 2. The van der Waals surface area contributed by atoms with E-state index in [2.05, 4.69) is 10.4 Å². The first-order valence-electron chi connectivity index (χ1n) is 8.31. The highest BCUT2D eigenvalue weighted by atomic mass is 16.2. The fourth-order valence-corrected chi connectivity index (χ4v) is 3.05. The van der Waals surface area contributed by atoms with Gasteiger partial charge in [-0.2, -0.15) is 5.10 Å². The zero-order valence-electron chi connectivity index (χ0n) is 14.6. The summed E-state index contributed by atoms with van der Waals surface area (Å²) in [6, 6.07) is 14.8. The van der Waals surface area contributed by atoms with Gasteiger partial charge < -0.3 is 5.32 Å². The molecule has 0 spiro atoms. The molecule has 0 radical (unpaired) electrons. The Morgan fingerprint density at radius 2 is 1.84 bits per heavy atom. The molecule has 128 valence electrons. The second-order valence-electron chi connectivity index (χ2n) is 6.28. The second-order valence-corrected chi connectivity index (χ2v) is 6.28. The second kappa shape index (κ2) is 6.51. The molecule has 1 aliphatic rings. The maximum absolute atomic E-state index is 13.0. The van der Waals surface area contributed by atoms with Crippen LogP contribution in [0.15, 0.2) is 53.6 Å². The van der Waals surface area contributed by atoms with E-state index in [9.17, 15) is 9.59 Å². The van der Waals surface area contributed by atoms with Crippen LogP contribution in [0.2, 0.25) is 0 Å². The molecule has 0 unspecified atom stereocenters. The molecule has 25 heavy (non-hydrogen) atoms. The largest absolute Gasteiger partial charge is 0.346 e. The van der Waals surface area contributed by atoms with Gasteiger partial charge in [0.2, 0.25) is 0 Å². The molecular formula is C20H21N3O2. The zero-order chi connectivity index (χ0) is 18.0. The van der Waals surface area contributed by atoms with Crippen LogP contribution in [-0.4, -0.2) is 23.2 Å². The number of amides is 3. The summed E-state index contributed by atoms with van der Waals surface area (Å²) >= 11 is 0. The van der Waals surface area contributed by atoms with E-state index >= 15 is 0 Å². The first-order valence-corrected chi connectivity index (χ1v) is 8.31. The van der Waals surface area contributed by atoms with Crippen molar-refractivity contribution in [2.75, 3.05) is 0 Å². The molecule has 1 heterocycles. The summed E-state index contributed by atoms with van der Waals surface area (Å²) in [6.45, 7) is 5.83. The summed E-state index contributed by atoms with van der Waals surface area (Å²) in [7, 11) is 0. The number of carbonyl (C=O) groups excluding carboxylic acids is 2. The number of nitrogens with zero attached hydrogens (tertiary/aromatic N) is 2. The molecule has 1 saturated heterocycles. The Morgan fingerprint density at radius 1 is 1.12 bits per heavy atom. The summed E-state index contributed by atoms with van der Waals surface area (Å²) < 4.78 is 0. The highest BCUT2D eigenvalue weighted by molar-refractivity contribution is 6.07. The average molecular weight is 335 g/mol. The minimum atomic E-state index is -1.06. The molecule has 0 aromatic heterocycles. The van der Waals surface area contributed by atoms with Gasteiger partial charge in [0.25, 0.3) is 5.91 Å². The van der Waals surface area contributed by atoms with Gasteiger partial charge in [0, 0.05) is 0 Å². The Balaban J connectivity index is 1.94. The smallest absolute Gasteiger partial charge is 0.318 e. The van der Waals surface area contributed by atoms with Crippen LogP contribution < -0.4 is 5.32 Å². The first kappa shape index (κ1) is 16.9. The fraction of sp³-hybridized carbons (Fsp3) is 0.250. The maximum Gasteiger partial charge on any atom is 0.346 e. The Morgan fingerprint density at radius 3 is 2.52 bits per heavy atom. The minimum Gasteiger partial charge on any atom is -0.318 e. The van der Waals surface area contributed by atoms with Crippen molar-refractivity contribution in [2.24, 2.45) is 5.10 Å². The molecule has 0 bridgehead atoms. The molecule has 0 aliphatic carbocycles. The van der Waals surface area contributed by atoms with Crippen molar-refractivity contribution < 1.29 is 9.59 Å². The molecule has 2 aromatic carbocycles. The van der Waals surface area contributed by atoms with E-state index in [-0.39, 0.29) is 5.91 Å². The van der Waals surface area contributed by atoms with Crippen molar-refractivity contribution in [1.82, 2.24) is 10.3 Å². The number of hydrogen-bond acceptors (Lipinski definition) is 3. The van der Waals surface area contributed by atoms with Crippen molar-refractivity contribution in [1.29, 1.82) is 0 Å². The van der Waals surface area contributed by atoms with Crippen LogP contribution in [0.5, 0.6) is 0 Å². The van der Waals surface area contributed by atoms with Crippen LogP contribution in [0.3, 0.4) is 0 Å².